The van der Waals surface area contributed by atoms with Crippen LogP contribution in [0.1, 0.15) is 60.8 Å². The van der Waals surface area contributed by atoms with Crippen LogP contribution >= 0.6 is 0 Å². The van der Waals surface area contributed by atoms with Crippen LogP contribution in [0.5, 0.6) is 0 Å². The molecule has 0 heterocycles. The van der Waals surface area contributed by atoms with Crippen molar-refractivity contribution in [1.29, 1.82) is 0 Å². The lowest BCUT2D eigenvalue weighted by atomic mass is 9.76. The number of nitrogens with two attached hydrogens (primary N) is 1. The smallest absolute Gasteiger partial charge is 0.306 e. The Kier molecular flexibility index (Phi) is 7.53. The zero-order valence-corrected chi connectivity index (χ0v) is 13.0. The summed E-state index contributed by atoms with van der Waals surface area (Å²) in [4.78, 5) is 11.7. The van der Waals surface area contributed by atoms with Gasteiger partial charge in [-0.2, -0.15) is 0 Å². The monoisotopic (exact) mass is 257 g/mol. The van der Waals surface area contributed by atoms with Crippen molar-refractivity contribution in [3.63, 3.8) is 0 Å². The fourth-order valence-corrected chi connectivity index (χ4v) is 1.91. The zero-order valence-electron chi connectivity index (χ0n) is 13.0. The molecular weight excluding hydrogens is 226 g/mol. The van der Waals surface area contributed by atoms with Gasteiger partial charge in [0, 0.05) is 6.42 Å². The van der Waals surface area contributed by atoms with E-state index in [1.54, 1.807) is 0 Å². The molecule has 2 atom stereocenters. The minimum Gasteiger partial charge on any atom is -0.462 e. The van der Waals surface area contributed by atoms with Gasteiger partial charge in [0.2, 0.25) is 0 Å². The molecule has 0 saturated heterocycles. The molecule has 0 saturated carbocycles. The fraction of sp³-hybridized carbons (Fsp3) is 0.933. The molecule has 3 heteroatoms. The Balaban J connectivity index is 4.16. The van der Waals surface area contributed by atoms with E-state index < -0.39 is 0 Å². The van der Waals surface area contributed by atoms with E-state index in [4.69, 9.17) is 10.5 Å². The highest BCUT2D eigenvalue weighted by atomic mass is 16.5. The average Bonchev–Trinajstić information content (AvgIpc) is 2.22. The molecule has 18 heavy (non-hydrogen) atoms. The fourth-order valence-electron chi connectivity index (χ4n) is 1.91. The molecule has 0 radical (unpaired) electrons. The SMILES string of the molecule is CC(C)C(C)OC(=O)CCC(CCN)C(C)(C)C. The molecule has 108 valence electrons. The third-order valence-corrected chi connectivity index (χ3v) is 3.69. The van der Waals surface area contributed by atoms with Crippen LogP contribution in [0.25, 0.3) is 0 Å². The maximum Gasteiger partial charge on any atom is 0.306 e. The van der Waals surface area contributed by atoms with E-state index in [1.165, 1.54) is 0 Å². The van der Waals surface area contributed by atoms with E-state index in [0.717, 1.165) is 12.8 Å². The Morgan fingerprint density at radius 1 is 1.17 bits per heavy atom. The molecule has 0 aromatic rings. The third-order valence-electron chi connectivity index (χ3n) is 3.69. The number of hydrogen-bond donors (Lipinski definition) is 1. The van der Waals surface area contributed by atoms with Crippen LogP contribution in [-0.2, 0) is 9.53 Å². The van der Waals surface area contributed by atoms with Crippen LogP contribution in [0.3, 0.4) is 0 Å². The lowest BCUT2D eigenvalue weighted by Crippen LogP contribution is -2.25. The summed E-state index contributed by atoms with van der Waals surface area (Å²) in [7, 11) is 0. The highest BCUT2D eigenvalue weighted by molar-refractivity contribution is 5.69. The predicted octanol–water partition coefficient (Wildman–Crippen LogP) is 3.37. The Morgan fingerprint density at radius 3 is 2.11 bits per heavy atom. The number of rotatable bonds is 7. The highest BCUT2D eigenvalue weighted by Gasteiger charge is 2.25. The minimum atomic E-state index is -0.0810. The van der Waals surface area contributed by atoms with Crippen molar-refractivity contribution in [2.45, 2.75) is 66.9 Å². The van der Waals surface area contributed by atoms with Gasteiger partial charge in [-0.05, 0) is 43.6 Å². The topological polar surface area (TPSA) is 52.3 Å². The molecule has 0 aromatic heterocycles. The molecule has 0 aliphatic carbocycles. The van der Waals surface area contributed by atoms with Gasteiger partial charge in [-0.3, -0.25) is 4.79 Å². The van der Waals surface area contributed by atoms with Gasteiger partial charge >= 0.3 is 5.97 Å². The van der Waals surface area contributed by atoms with Crippen LogP contribution in [0.15, 0.2) is 0 Å². The minimum absolute atomic E-state index is 0.0000882. The van der Waals surface area contributed by atoms with E-state index in [1.807, 2.05) is 6.92 Å². The van der Waals surface area contributed by atoms with Gasteiger partial charge in [-0.15, -0.1) is 0 Å². The van der Waals surface area contributed by atoms with Crippen LogP contribution in [0.2, 0.25) is 0 Å². The Labute approximate surface area is 112 Å². The average molecular weight is 257 g/mol. The molecule has 2 unspecified atom stereocenters. The first-order chi connectivity index (χ1) is 8.18. The summed E-state index contributed by atoms with van der Waals surface area (Å²) >= 11 is 0. The molecule has 0 aliphatic rings. The molecule has 0 fully saturated rings. The number of ether oxygens (including phenoxy) is 1. The first-order valence-electron chi connectivity index (χ1n) is 7.08. The second-order valence-electron chi connectivity index (χ2n) is 6.62. The lowest BCUT2D eigenvalue weighted by Gasteiger charge is -2.30. The Morgan fingerprint density at radius 2 is 1.72 bits per heavy atom. The van der Waals surface area contributed by atoms with Crippen molar-refractivity contribution in [3.05, 3.63) is 0 Å². The van der Waals surface area contributed by atoms with Gasteiger partial charge < -0.3 is 10.5 Å². The molecule has 0 spiro atoms. The Hall–Kier alpha value is -0.570. The predicted molar refractivity (Wildman–Crippen MR) is 76.2 cm³/mol. The van der Waals surface area contributed by atoms with Crippen LogP contribution in [0.4, 0.5) is 0 Å². The summed E-state index contributed by atoms with van der Waals surface area (Å²) in [5, 5.41) is 0. The van der Waals surface area contributed by atoms with Crippen LogP contribution in [-0.4, -0.2) is 18.6 Å². The van der Waals surface area contributed by atoms with E-state index in [9.17, 15) is 4.79 Å². The summed E-state index contributed by atoms with van der Waals surface area (Å²) in [5.74, 6) is 0.767. The molecule has 0 aliphatic heterocycles. The van der Waals surface area contributed by atoms with E-state index in [0.29, 0.717) is 24.8 Å². The summed E-state index contributed by atoms with van der Waals surface area (Å²) in [5.41, 5.74) is 5.83. The molecule has 0 amide bonds. The standard InChI is InChI=1S/C15H31NO2/c1-11(2)12(3)18-14(17)8-7-13(9-10-16)15(4,5)6/h11-13H,7-10,16H2,1-6H3. The number of hydrogen-bond acceptors (Lipinski definition) is 3. The number of esters is 1. The molecule has 2 N–H and O–H groups in total. The third kappa shape index (κ3) is 7.00. The second kappa shape index (κ2) is 7.78. The molecule has 0 rings (SSSR count). The van der Waals surface area contributed by atoms with Gasteiger partial charge in [0.1, 0.15) is 6.10 Å². The van der Waals surface area contributed by atoms with Crippen molar-refractivity contribution in [3.8, 4) is 0 Å². The van der Waals surface area contributed by atoms with Crippen molar-refractivity contribution in [2.75, 3.05) is 6.54 Å². The van der Waals surface area contributed by atoms with Crippen LogP contribution in [0, 0.1) is 17.3 Å². The lowest BCUT2D eigenvalue weighted by molar-refractivity contribution is -0.150. The van der Waals surface area contributed by atoms with Crippen molar-refractivity contribution in [2.24, 2.45) is 23.0 Å². The van der Waals surface area contributed by atoms with Gasteiger partial charge in [0.15, 0.2) is 0 Å². The van der Waals surface area contributed by atoms with Gasteiger partial charge in [-0.1, -0.05) is 34.6 Å². The number of carbonyl (C=O) groups excluding carboxylic acids is 1. The first-order valence-corrected chi connectivity index (χ1v) is 7.08. The zero-order chi connectivity index (χ0) is 14.3. The highest BCUT2D eigenvalue weighted by Crippen LogP contribution is 2.32. The van der Waals surface area contributed by atoms with Crippen molar-refractivity contribution < 1.29 is 9.53 Å². The number of carbonyl (C=O) groups is 1. The summed E-state index contributed by atoms with van der Waals surface area (Å²) in [6, 6.07) is 0. The summed E-state index contributed by atoms with van der Waals surface area (Å²) < 4.78 is 5.38. The largest absolute Gasteiger partial charge is 0.462 e. The van der Waals surface area contributed by atoms with E-state index in [2.05, 4.69) is 34.6 Å². The van der Waals surface area contributed by atoms with Crippen LogP contribution < -0.4 is 5.73 Å². The normalized spacial score (nSPS) is 15.6. The second-order valence-corrected chi connectivity index (χ2v) is 6.62. The molecule has 0 bridgehead atoms. The molecular formula is C15H31NO2. The van der Waals surface area contributed by atoms with E-state index in [-0.39, 0.29) is 17.5 Å². The first kappa shape index (κ1) is 17.4. The van der Waals surface area contributed by atoms with E-state index >= 15 is 0 Å². The summed E-state index contributed by atoms with van der Waals surface area (Å²) in [6.07, 6.45) is 2.33. The van der Waals surface area contributed by atoms with Crippen molar-refractivity contribution >= 4 is 5.97 Å². The van der Waals surface area contributed by atoms with Gasteiger partial charge in [0.25, 0.3) is 0 Å². The van der Waals surface area contributed by atoms with Crippen molar-refractivity contribution in [1.82, 2.24) is 0 Å². The quantitative estimate of drug-likeness (QED) is 0.711. The maximum absolute atomic E-state index is 11.7. The maximum atomic E-state index is 11.7. The van der Waals surface area contributed by atoms with Gasteiger partial charge in [0.05, 0.1) is 0 Å². The summed E-state index contributed by atoms with van der Waals surface area (Å²) in [6.45, 7) is 13.4. The Bertz CT molecular complexity index is 243. The van der Waals surface area contributed by atoms with Gasteiger partial charge in [-0.25, -0.2) is 0 Å². The molecule has 0 aromatic carbocycles. The molecule has 3 nitrogen and oxygen atoms in total.